The van der Waals surface area contributed by atoms with E-state index >= 15 is 0 Å². The van der Waals surface area contributed by atoms with Crippen LogP contribution in [0, 0.1) is 18.7 Å². The van der Waals surface area contributed by atoms with Crippen LogP contribution < -0.4 is 16.6 Å². The highest BCUT2D eigenvalue weighted by molar-refractivity contribution is 5.93. The number of halogens is 1. The van der Waals surface area contributed by atoms with Gasteiger partial charge in [0, 0.05) is 6.54 Å². The maximum absolute atomic E-state index is 13.6. The van der Waals surface area contributed by atoms with Crippen molar-refractivity contribution in [2.75, 3.05) is 11.9 Å². The number of aliphatic imine (C=N–C) groups is 1. The standard InChI is InChI=1S/C12H19FN4/c1-8(2)7-15-12(17-14)16-11-5-4-9(3)6-10(11)13/h4-6,8H,7,14H2,1-3H3,(H2,15,16,17). The molecular weight excluding hydrogens is 219 g/mol. The SMILES string of the molecule is Cc1ccc(NC(=NCC(C)C)NN)c(F)c1. The van der Waals surface area contributed by atoms with Gasteiger partial charge in [-0.05, 0) is 30.5 Å². The van der Waals surface area contributed by atoms with Gasteiger partial charge in [0.05, 0.1) is 5.69 Å². The minimum Gasteiger partial charge on any atom is -0.323 e. The molecule has 17 heavy (non-hydrogen) atoms. The first-order valence-corrected chi connectivity index (χ1v) is 5.57. The highest BCUT2D eigenvalue weighted by Gasteiger charge is 2.04. The number of guanidine groups is 1. The van der Waals surface area contributed by atoms with Gasteiger partial charge in [-0.25, -0.2) is 10.2 Å². The summed E-state index contributed by atoms with van der Waals surface area (Å²) in [7, 11) is 0. The van der Waals surface area contributed by atoms with E-state index in [9.17, 15) is 4.39 Å². The molecule has 0 aliphatic carbocycles. The zero-order chi connectivity index (χ0) is 12.8. The van der Waals surface area contributed by atoms with Crippen LogP contribution in [-0.2, 0) is 0 Å². The van der Waals surface area contributed by atoms with E-state index in [1.807, 2.05) is 26.8 Å². The van der Waals surface area contributed by atoms with Crippen LogP contribution in [0.5, 0.6) is 0 Å². The molecule has 0 saturated heterocycles. The lowest BCUT2D eigenvalue weighted by atomic mass is 10.2. The maximum Gasteiger partial charge on any atom is 0.210 e. The minimum absolute atomic E-state index is 0.322. The Morgan fingerprint density at radius 3 is 2.71 bits per heavy atom. The Hall–Kier alpha value is -1.62. The second-order valence-corrected chi connectivity index (χ2v) is 4.34. The Morgan fingerprint density at radius 1 is 1.47 bits per heavy atom. The predicted molar refractivity (Wildman–Crippen MR) is 69.2 cm³/mol. The smallest absolute Gasteiger partial charge is 0.210 e. The lowest BCUT2D eigenvalue weighted by Gasteiger charge is -2.11. The van der Waals surface area contributed by atoms with E-state index in [1.165, 1.54) is 6.07 Å². The largest absolute Gasteiger partial charge is 0.323 e. The van der Waals surface area contributed by atoms with Crippen LogP contribution in [0.15, 0.2) is 23.2 Å². The third kappa shape index (κ3) is 4.40. The predicted octanol–water partition coefficient (Wildman–Crippen LogP) is 2.02. The molecule has 0 aromatic heterocycles. The summed E-state index contributed by atoms with van der Waals surface area (Å²) in [5.41, 5.74) is 3.65. The monoisotopic (exact) mass is 238 g/mol. The van der Waals surface area contributed by atoms with Crippen molar-refractivity contribution >= 4 is 11.6 Å². The van der Waals surface area contributed by atoms with Gasteiger partial charge in [-0.3, -0.25) is 10.4 Å². The molecule has 0 bridgehead atoms. The molecular formula is C12H19FN4. The second-order valence-electron chi connectivity index (χ2n) is 4.34. The molecule has 0 heterocycles. The molecule has 0 amide bonds. The Kier molecular flexibility index (Phi) is 4.90. The van der Waals surface area contributed by atoms with Gasteiger partial charge >= 0.3 is 0 Å². The molecule has 0 fully saturated rings. The molecule has 4 nitrogen and oxygen atoms in total. The molecule has 1 aromatic rings. The molecule has 5 heteroatoms. The fourth-order valence-electron chi connectivity index (χ4n) is 1.24. The maximum atomic E-state index is 13.6. The van der Waals surface area contributed by atoms with Crippen molar-refractivity contribution in [3.8, 4) is 0 Å². The Morgan fingerprint density at radius 2 is 2.18 bits per heavy atom. The van der Waals surface area contributed by atoms with Crippen LogP contribution in [0.3, 0.4) is 0 Å². The van der Waals surface area contributed by atoms with Gasteiger partial charge in [0.15, 0.2) is 0 Å². The van der Waals surface area contributed by atoms with Crippen molar-refractivity contribution in [1.82, 2.24) is 5.43 Å². The van der Waals surface area contributed by atoms with Crippen molar-refractivity contribution in [2.45, 2.75) is 20.8 Å². The summed E-state index contributed by atoms with van der Waals surface area (Å²) < 4.78 is 13.6. The summed E-state index contributed by atoms with van der Waals surface area (Å²) >= 11 is 0. The van der Waals surface area contributed by atoms with E-state index in [4.69, 9.17) is 5.84 Å². The average molecular weight is 238 g/mol. The molecule has 0 aliphatic rings. The first kappa shape index (κ1) is 13.4. The van der Waals surface area contributed by atoms with Crippen LogP contribution >= 0.6 is 0 Å². The summed E-state index contributed by atoms with van der Waals surface area (Å²) in [5, 5.41) is 2.82. The van der Waals surface area contributed by atoms with Crippen LogP contribution in [0.4, 0.5) is 10.1 Å². The highest BCUT2D eigenvalue weighted by atomic mass is 19.1. The molecule has 0 aliphatic heterocycles. The number of benzene rings is 1. The third-order valence-corrected chi connectivity index (χ3v) is 2.13. The number of nitrogens with zero attached hydrogens (tertiary/aromatic N) is 1. The number of hydrogen-bond donors (Lipinski definition) is 3. The number of hydrogen-bond acceptors (Lipinski definition) is 2. The number of nitrogens with one attached hydrogen (secondary N) is 2. The fourth-order valence-corrected chi connectivity index (χ4v) is 1.24. The van der Waals surface area contributed by atoms with Crippen molar-refractivity contribution in [3.63, 3.8) is 0 Å². The molecule has 1 aromatic carbocycles. The van der Waals surface area contributed by atoms with E-state index < -0.39 is 0 Å². The number of rotatable bonds is 3. The van der Waals surface area contributed by atoms with Crippen LogP contribution in [0.25, 0.3) is 0 Å². The molecule has 4 N–H and O–H groups in total. The van der Waals surface area contributed by atoms with Gasteiger partial charge in [0.2, 0.25) is 5.96 Å². The molecule has 0 spiro atoms. The van der Waals surface area contributed by atoms with Gasteiger partial charge in [-0.15, -0.1) is 0 Å². The van der Waals surface area contributed by atoms with Crippen LogP contribution in [0.2, 0.25) is 0 Å². The molecule has 1 rings (SSSR count). The van der Waals surface area contributed by atoms with Crippen molar-refractivity contribution < 1.29 is 4.39 Å². The topological polar surface area (TPSA) is 62.4 Å². The summed E-state index contributed by atoms with van der Waals surface area (Å²) in [6.45, 7) is 6.55. The third-order valence-electron chi connectivity index (χ3n) is 2.13. The normalized spacial score (nSPS) is 11.8. The molecule has 0 atom stereocenters. The Labute approximate surface area is 101 Å². The van der Waals surface area contributed by atoms with Gasteiger partial charge in [-0.2, -0.15) is 0 Å². The van der Waals surface area contributed by atoms with E-state index in [0.717, 1.165) is 5.56 Å². The summed E-state index contributed by atoms with van der Waals surface area (Å²) in [5.74, 6) is 5.78. The van der Waals surface area contributed by atoms with Gasteiger partial charge in [0.25, 0.3) is 0 Å². The van der Waals surface area contributed by atoms with Crippen molar-refractivity contribution in [3.05, 3.63) is 29.6 Å². The van der Waals surface area contributed by atoms with Crippen molar-refractivity contribution in [1.29, 1.82) is 0 Å². The zero-order valence-corrected chi connectivity index (χ0v) is 10.4. The van der Waals surface area contributed by atoms with Gasteiger partial charge in [0.1, 0.15) is 5.82 Å². The average Bonchev–Trinajstić information content (AvgIpc) is 2.26. The lowest BCUT2D eigenvalue weighted by Crippen LogP contribution is -2.36. The second kappa shape index (κ2) is 6.20. The minimum atomic E-state index is -0.322. The zero-order valence-electron chi connectivity index (χ0n) is 10.4. The Bertz CT molecular complexity index is 401. The van der Waals surface area contributed by atoms with Crippen LogP contribution in [-0.4, -0.2) is 12.5 Å². The number of aryl methyl sites for hydroxylation is 1. The number of hydrazine groups is 1. The van der Waals surface area contributed by atoms with E-state index in [0.29, 0.717) is 24.1 Å². The van der Waals surface area contributed by atoms with E-state index in [2.05, 4.69) is 15.7 Å². The molecule has 0 unspecified atom stereocenters. The number of anilines is 1. The quantitative estimate of drug-likeness (QED) is 0.327. The van der Waals surface area contributed by atoms with Gasteiger partial charge < -0.3 is 5.32 Å². The highest BCUT2D eigenvalue weighted by Crippen LogP contribution is 2.14. The first-order valence-electron chi connectivity index (χ1n) is 5.57. The summed E-state index contributed by atoms with van der Waals surface area (Å²) in [6, 6.07) is 4.94. The van der Waals surface area contributed by atoms with Crippen molar-refractivity contribution in [2.24, 2.45) is 16.8 Å². The van der Waals surface area contributed by atoms with E-state index in [-0.39, 0.29) is 5.82 Å². The van der Waals surface area contributed by atoms with Gasteiger partial charge in [-0.1, -0.05) is 19.9 Å². The first-order chi connectivity index (χ1) is 8.02. The summed E-state index contributed by atoms with van der Waals surface area (Å²) in [4.78, 5) is 4.20. The summed E-state index contributed by atoms with van der Waals surface area (Å²) in [6.07, 6.45) is 0. The fraction of sp³-hybridized carbons (Fsp3) is 0.417. The lowest BCUT2D eigenvalue weighted by molar-refractivity contribution is 0.630. The number of nitrogens with two attached hydrogens (primary N) is 1. The molecule has 0 saturated carbocycles. The molecule has 94 valence electrons. The van der Waals surface area contributed by atoms with Crippen LogP contribution in [0.1, 0.15) is 19.4 Å². The molecule has 0 radical (unpaired) electrons. The van der Waals surface area contributed by atoms with E-state index in [1.54, 1.807) is 6.07 Å². The Balaban J connectivity index is 2.77.